The molecule has 2 aromatic rings. The molecule has 0 saturated heterocycles. The number of halogens is 2. The molecule has 0 amide bonds. The first kappa shape index (κ1) is 15.8. The second-order valence-corrected chi connectivity index (χ2v) is 5.91. The van der Waals surface area contributed by atoms with Gasteiger partial charge in [0, 0.05) is 12.1 Å². The van der Waals surface area contributed by atoms with Crippen LogP contribution in [0.5, 0.6) is 5.75 Å². The molecule has 1 heterocycles. The Bertz CT molecular complexity index is 671. The molecule has 2 rings (SSSR count). The minimum absolute atomic E-state index is 0.277. The second kappa shape index (κ2) is 6.91. The molecule has 0 atom stereocenters. The standard InChI is InChI=1S/C14H11Br2NO4/c1-8-4-10(17-21-8)7-20-14-11(15)5-9(6-12(14)16)2-3-13(18)19/h2-6H,7H2,1H3,(H,18,19)/b3-2+. The van der Waals surface area contributed by atoms with Crippen molar-refractivity contribution in [3.8, 4) is 5.75 Å². The highest BCUT2D eigenvalue weighted by molar-refractivity contribution is 9.11. The number of ether oxygens (including phenoxy) is 1. The lowest BCUT2D eigenvalue weighted by Crippen LogP contribution is -1.97. The minimum atomic E-state index is -0.996. The average Bonchev–Trinajstić information content (AvgIpc) is 2.81. The first-order valence-electron chi connectivity index (χ1n) is 5.91. The number of carbonyl (C=O) groups is 1. The summed E-state index contributed by atoms with van der Waals surface area (Å²) in [6.45, 7) is 2.09. The molecule has 0 aliphatic rings. The van der Waals surface area contributed by atoms with Crippen LogP contribution in [0, 0.1) is 6.92 Å². The van der Waals surface area contributed by atoms with Crippen molar-refractivity contribution in [1.82, 2.24) is 5.16 Å². The summed E-state index contributed by atoms with van der Waals surface area (Å²) in [5.74, 6) is 0.341. The van der Waals surface area contributed by atoms with Crippen molar-refractivity contribution in [2.24, 2.45) is 0 Å². The largest absolute Gasteiger partial charge is 0.485 e. The molecule has 0 saturated carbocycles. The Labute approximate surface area is 137 Å². The second-order valence-electron chi connectivity index (χ2n) is 4.20. The van der Waals surface area contributed by atoms with Gasteiger partial charge in [-0.3, -0.25) is 0 Å². The Balaban J connectivity index is 2.15. The van der Waals surface area contributed by atoms with Gasteiger partial charge < -0.3 is 14.4 Å². The van der Waals surface area contributed by atoms with Crippen LogP contribution in [0.15, 0.2) is 37.7 Å². The predicted octanol–water partition coefficient (Wildman–Crippen LogP) is 4.18. The maximum atomic E-state index is 10.5. The van der Waals surface area contributed by atoms with Crippen LogP contribution < -0.4 is 4.74 Å². The molecule has 7 heteroatoms. The molecular formula is C14H11Br2NO4. The molecule has 5 nitrogen and oxygen atoms in total. The summed E-state index contributed by atoms with van der Waals surface area (Å²) in [7, 11) is 0. The highest BCUT2D eigenvalue weighted by atomic mass is 79.9. The first-order valence-corrected chi connectivity index (χ1v) is 7.49. The third kappa shape index (κ3) is 4.44. The van der Waals surface area contributed by atoms with E-state index >= 15 is 0 Å². The zero-order valence-corrected chi connectivity index (χ0v) is 14.1. The van der Waals surface area contributed by atoms with Crippen LogP contribution in [-0.2, 0) is 11.4 Å². The molecule has 0 bridgehead atoms. The van der Waals surface area contributed by atoms with Gasteiger partial charge in [-0.15, -0.1) is 0 Å². The lowest BCUT2D eigenvalue weighted by molar-refractivity contribution is -0.131. The monoisotopic (exact) mass is 415 g/mol. The Hall–Kier alpha value is -1.60. The molecule has 1 aromatic heterocycles. The molecule has 0 spiro atoms. The van der Waals surface area contributed by atoms with Gasteiger partial charge in [0.1, 0.15) is 23.8 Å². The molecule has 110 valence electrons. The van der Waals surface area contributed by atoms with Crippen LogP contribution in [0.4, 0.5) is 0 Å². The summed E-state index contributed by atoms with van der Waals surface area (Å²) in [6, 6.07) is 5.34. The maximum absolute atomic E-state index is 10.5. The molecule has 0 aliphatic carbocycles. The topological polar surface area (TPSA) is 72.6 Å². The molecule has 21 heavy (non-hydrogen) atoms. The fourth-order valence-corrected chi connectivity index (χ4v) is 3.06. The molecule has 1 N–H and O–H groups in total. The van der Waals surface area contributed by atoms with E-state index in [1.165, 1.54) is 6.08 Å². The molecule has 0 fully saturated rings. The highest BCUT2D eigenvalue weighted by Crippen LogP contribution is 2.35. The lowest BCUT2D eigenvalue weighted by atomic mass is 10.2. The minimum Gasteiger partial charge on any atom is -0.485 e. The van der Waals surface area contributed by atoms with Gasteiger partial charge in [0.2, 0.25) is 0 Å². The van der Waals surface area contributed by atoms with E-state index in [-0.39, 0.29) is 6.61 Å². The Morgan fingerprint density at radius 1 is 1.38 bits per heavy atom. The molecular weight excluding hydrogens is 406 g/mol. The molecule has 0 aliphatic heterocycles. The fraction of sp³-hybridized carbons (Fsp3) is 0.143. The SMILES string of the molecule is Cc1cc(COc2c(Br)cc(/C=C/C(=O)O)cc2Br)no1. The van der Waals surface area contributed by atoms with Crippen LogP contribution in [-0.4, -0.2) is 16.2 Å². The van der Waals surface area contributed by atoms with Crippen molar-refractivity contribution in [3.63, 3.8) is 0 Å². The van der Waals surface area contributed by atoms with E-state index in [9.17, 15) is 4.79 Å². The van der Waals surface area contributed by atoms with Crippen LogP contribution in [0.25, 0.3) is 6.08 Å². The Kier molecular flexibility index (Phi) is 5.19. The summed E-state index contributed by atoms with van der Waals surface area (Å²) in [6.07, 6.45) is 2.58. The predicted molar refractivity (Wildman–Crippen MR) is 84.1 cm³/mol. The van der Waals surface area contributed by atoms with E-state index in [0.717, 1.165) is 17.4 Å². The quantitative estimate of drug-likeness (QED) is 0.740. The number of benzene rings is 1. The zero-order valence-electron chi connectivity index (χ0n) is 11.0. The fourth-order valence-electron chi connectivity index (χ4n) is 1.61. The molecule has 1 aromatic carbocycles. The van der Waals surface area contributed by atoms with E-state index in [4.69, 9.17) is 14.4 Å². The van der Waals surface area contributed by atoms with Crippen molar-refractivity contribution in [2.45, 2.75) is 13.5 Å². The number of aliphatic carboxylic acids is 1. The lowest BCUT2D eigenvalue weighted by Gasteiger charge is -2.10. The maximum Gasteiger partial charge on any atom is 0.328 e. The third-order valence-electron chi connectivity index (χ3n) is 2.48. The Morgan fingerprint density at radius 2 is 2.05 bits per heavy atom. The zero-order chi connectivity index (χ0) is 15.4. The normalized spacial score (nSPS) is 11.0. The van der Waals surface area contributed by atoms with E-state index in [2.05, 4.69) is 37.0 Å². The highest BCUT2D eigenvalue weighted by Gasteiger charge is 2.10. The smallest absolute Gasteiger partial charge is 0.328 e. The number of carboxylic acid groups (broad SMARTS) is 1. The van der Waals surface area contributed by atoms with Gasteiger partial charge in [-0.05, 0) is 62.6 Å². The van der Waals surface area contributed by atoms with Gasteiger partial charge in [0.05, 0.1) is 8.95 Å². The van der Waals surface area contributed by atoms with E-state index in [0.29, 0.717) is 20.4 Å². The van der Waals surface area contributed by atoms with Crippen molar-refractivity contribution in [3.05, 3.63) is 50.2 Å². The average molecular weight is 417 g/mol. The van der Waals surface area contributed by atoms with Crippen molar-refractivity contribution >= 4 is 43.9 Å². The number of nitrogens with zero attached hydrogens (tertiary/aromatic N) is 1. The third-order valence-corrected chi connectivity index (χ3v) is 3.66. The van der Waals surface area contributed by atoms with Crippen LogP contribution in [0.2, 0.25) is 0 Å². The molecule has 0 unspecified atom stereocenters. The summed E-state index contributed by atoms with van der Waals surface area (Å²) in [5, 5.41) is 12.5. The number of carboxylic acids is 1. The van der Waals surface area contributed by atoms with Gasteiger partial charge >= 0.3 is 5.97 Å². The van der Waals surface area contributed by atoms with E-state index in [1.807, 2.05) is 6.92 Å². The summed E-state index contributed by atoms with van der Waals surface area (Å²) < 4.78 is 12.1. The number of hydrogen-bond acceptors (Lipinski definition) is 4. The van der Waals surface area contributed by atoms with Crippen LogP contribution in [0.3, 0.4) is 0 Å². The van der Waals surface area contributed by atoms with Gasteiger partial charge in [-0.25, -0.2) is 4.79 Å². The summed E-state index contributed by atoms with van der Waals surface area (Å²) in [4.78, 5) is 10.5. The Morgan fingerprint density at radius 3 is 2.57 bits per heavy atom. The van der Waals surface area contributed by atoms with Gasteiger partial charge in [0.15, 0.2) is 0 Å². The molecule has 0 radical (unpaired) electrons. The van der Waals surface area contributed by atoms with E-state index in [1.54, 1.807) is 18.2 Å². The number of rotatable bonds is 5. The number of hydrogen-bond donors (Lipinski definition) is 1. The first-order chi connectivity index (χ1) is 9.95. The van der Waals surface area contributed by atoms with Crippen molar-refractivity contribution < 1.29 is 19.2 Å². The number of aryl methyl sites for hydroxylation is 1. The summed E-state index contributed by atoms with van der Waals surface area (Å²) >= 11 is 6.81. The number of aromatic nitrogens is 1. The van der Waals surface area contributed by atoms with Gasteiger partial charge in [0.25, 0.3) is 0 Å². The van der Waals surface area contributed by atoms with Gasteiger partial charge in [-0.2, -0.15) is 0 Å². The van der Waals surface area contributed by atoms with Crippen molar-refractivity contribution in [1.29, 1.82) is 0 Å². The van der Waals surface area contributed by atoms with Gasteiger partial charge in [-0.1, -0.05) is 5.16 Å². The van der Waals surface area contributed by atoms with E-state index < -0.39 is 5.97 Å². The van der Waals surface area contributed by atoms with Crippen LogP contribution in [0.1, 0.15) is 17.0 Å². The van der Waals surface area contributed by atoms with Crippen LogP contribution >= 0.6 is 31.9 Å². The summed E-state index contributed by atoms with van der Waals surface area (Å²) in [5.41, 5.74) is 1.43. The van der Waals surface area contributed by atoms with Crippen molar-refractivity contribution in [2.75, 3.05) is 0 Å².